The molecule has 0 aliphatic rings. The summed E-state index contributed by atoms with van der Waals surface area (Å²) in [5.41, 5.74) is 10.7. The lowest BCUT2D eigenvalue weighted by molar-refractivity contribution is -0.143. The molecule has 32 heavy (non-hydrogen) atoms. The number of carboxylic acids is 2. The summed E-state index contributed by atoms with van der Waals surface area (Å²) in [7, 11) is 0. The van der Waals surface area contributed by atoms with Crippen LogP contribution in [0, 0.1) is 0 Å². The summed E-state index contributed by atoms with van der Waals surface area (Å²) >= 11 is 0. The molecule has 5 atom stereocenters. The van der Waals surface area contributed by atoms with E-state index in [1.165, 1.54) is 6.92 Å². The second kappa shape index (κ2) is 15.1. The van der Waals surface area contributed by atoms with E-state index >= 15 is 0 Å². The SMILES string of the molecule is CC(O)C(NC(=O)C(N)CO)C(=O)NC(CCC(=O)O)C(=O)NC(CCCCN)C(=O)O. The average molecular weight is 463 g/mol. The Morgan fingerprint density at radius 3 is 1.94 bits per heavy atom. The molecule has 0 aliphatic carbocycles. The number of amides is 3. The third-order valence-corrected chi connectivity index (χ3v) is 4.44. The molecule has 11 N–H and O–H groups in total. The molecule has 0 bridgehead atoms. The van der Waals surface area contributed by atoms with Crippen molar-refractivity contribution in [3.8, 4) is 0 Å². The van der Waals surface area contributed by atoms with Crippen LogP contribution in [0.25, 0.3) is 0 Å². The van der Waals surface area contributed by atoms with Gasteiger partial charge in [-0.1, -0.05) is 0 Å². The molecule has 0 saturated heterocycles. The standard InChI is InChI=1S/C18H33N5O9/c1-9(25)14(23-15(28)10(20)8-24)17(30)21-11(5-6-13(26)27)16(29)22-12(18(31)32)4-2-3-7-19/h9-12,14,24-25H,2-8,19-20H2,1H3,(H,21,30)(H,22,29)(H,23,28)(H,26,27)(H,31,32). The molecule has 0 fully saturated rings. The van der Waals surface area contributed by atoms with Crippen LogP contribution in [0.4, 0.5) is 0 Å². The Morgan fingerprint density at radius 2 is 1.47 bits per heavy atom. The lowest BCUT2D eigenvalue weighted by atomic mass is 10.1. The monoisotopic (exact) mass is 463 g/mol. The minimum atomic E-state index is -1.57. The van der Waals surface area contributed by atoms with E-state index in [0.717, 1.165) is 0 Å². The predicted octanol–water partition coefficient (Wildman–Crippen LogP) is -3.78. The molecule has 0 radical (unpaired) electrons. The van der Waals surface area contributed by atoms with Crippen molar-refractivity contribution in [3.05, 3.63) is 0 Å². The zero-order valence-electron chi connectivity index (χ0n) is 17.8. The van der Waals surface area contributed by atoms with Crippen molar-refractivity contribution in [2.75, 3.05) is 13.2 Å². The van der Waals surface area contributed by atoms with E-state index in [1.54, 1.807) is 0 Å². The molecule has 0 heterocycles. The Balaban J connectivity index is 5.41. The minimum Gasteiger partial charge on any atom is -0.481 e. The molecule has 3 amide bonds. The number of hydrogen-bond acceptors (Lipinski definition) is 9. The first-order valence-electron chi connectivity index (χ1n) is 10.0. The van der Waals surface area contributed by atoms with Crippen LogP contribution in [0.15, 0.2) is 0 Å². The summed E-state index contributed by atoms with van der Waals surface area (Å²) in [6.45, 7) is 0.799. The summed E-state index contributed by atoms with van der Waals surface area (Å²) in [6, 6.07) is -5.67. The number of carbonyl (C=O) groups is 5. The Kier molecular flexibility index (Phi) is 13.7. The number of carboxylic acid groups (broad SMARTS) is 2. The molecule has 0 aromatic rings. The largest absolute Gasteiger partial charge is 0.481 e. The Bertz CT molecular complexity index is 659. The van der Waals surface area contributed by atoms with Gasteiger partial charge in [0.1, 0.15) is 24.2 Å². The topological polar surface area (TPSA) is 254 Å². The van der Waals surface area contributed by atoms with Crippen LogP contribution in [0.1, 0.15) is 39.0 Å². The van der Waals surface area contributed by atoms with Gasteiger partial charge in [-0.15, -0.1) is 0 Å². The summed E-state index contributed by atoms with van der Waals surface area (Å²) in [6.07, 6.45) is -1.31. The van der Waals surface area contributed by atoms with Gasteiger partial charge in [-0.3, -0.25) is 19.2 Å². The molecule has 0 saturated carbocycles. The van der Waals surface area contributed by atoms with Crippen molar-refractivity contribution in [3.63, 3.8) is 0 Å². The van der Waals surface area contributed by atoms with Gasteiger partial charge in [0.2, 0.25) is 17.7 Å². The van der Waals surface area contributed by atoms with Gasteiger partial charge in [0.15, 0.2) is 0 Å². The number of carbonyl (C=O) groups excluding carboxylic acids is 3. The number of hydrogen-bond donors (Lipinski definition) is 9. The molecular weight excluding hydrogens is 430 g/mol. The zero-order valence-corrected chi connectivity index (χ0v) is 17.8. The van der Waals surface area contributed by atoms with Crippen LogP contribution >= 0.6 is 0 Å². The van der Waals surface area contributed by atoms with E-state index in [-0.39, 0.29) is 12.8 Å². The third-order valence-electron chi connectivity index (χ3n) is 4.44. The molecule has 5 unspecified atom stereocenters. The summed E-state index contributed by atoms with van der Waals surface area (Å²) in [5, 5.41) is 43.6. The number of unbranched alkanes of at least 4 members (excludes halogenated alkanes) is 1. The Labute approximate surface area is 184 Å². The van der Waals surface area contributed by atoms with Crippen molar-refractivity contribution in [1.29, 1.82) is 0 Å². The number of aliphatic hydroxyl groups excluding tert-OH is 2. The second-order valence-corrected chi connectivity index (χ2v) is 7.19. The highest BCUT2D eigenvalue weighted by atomic mass is 16.4. The Morgan fingerprint density at radius 1 is 0.875 bits per heavy atom. The van der Waals surface area contributed by atoms with Crippen LogP contribution < -0.4 is 27.4 Å². The highest BCUT2D eigenvalue weighted by Gasteiger charge is 2.32. The molecule has 184 valence electrons. The molecule has 0 aromatic heterocycles. The van der Waals surface area contributed by atoms with Gasteiger partial charge in [-0.2, -0.15) is 0 Å². The molecule has 14 nitrogen and oxygen atoms in total. The third kappa shape index (κ3) is 11.0. The highest BCUT2D eigenvalue weighted by molar-refractivity contribution is 5.94. The van der Waals surface area contributed by atoms with Gasteiger partial charge >= 0.3 is 11.9 Å². The van der Waals surface area contributed by atoms with E-state index in [9.17, 15) is 34.2 Å². The average Bonchev–Trinajstić information content (AvgIpc) is 2.72. The molecule has 14 heteroatoms. The maximum absolute atomic E-state index is 12.6. The first-order chi connectivity index (χ1) is 14.9. The number of aliphatic carboxylic acids is 2. The number of rotatable bonds is 16. The van der Waals surface area contributed by atoms with Crippen LogP contribution in [0.3, 0.4) is 0 Å². The van der Waals surface area contributed by atoms with Gasteiger partial charge in [-0.05, 0) is 39.2 Å². The normalized spacial score (nSPS) is 15.5. The van der Waals surface area contributed by atoms with Crippen LogP contribution in [0.5, 0.6) is 0 Å². The van der Waals surface area contributed by atoms with Crippen molar-refractivity contribution in [1.82, 2.24) is 16.0 Å². The fourth-order valence-corrected chi connectivity index (χ4v) is 2.57. The second-order valence-electron chi connectivity index (χ2n) is 7.19. The van der Waals surface area contributed by atoms with Gasteiger partial charge in [0, 0.05) is 6.42 Å². The highest BCUT2D eigenvalue weighted by Crippen LogP contribution is 2.05. The first kappa shape index (κ1) is 29.2. The lowest BCUT2D eigenvalue weighted by Crippen LogP contribution is -2.60. The van der Waals surface area contributed by atoms with Gasteiger partial charge in [-0.25, -0.2) is 4.79 Å². The smallest absolute Gasteiger partial charge is 0.326 e. The van der Waals surface area contributed by atoms with E-state index in [0.29, 0.717) is 19.4 Å². The van der Waals surface area contributed by atoms with Gasteiger partial charge in [0.05, 0.1) is 12.7 Å². The fraction of sp³-hybridized carbons (Fsp3) is 0.722. The maximum atomic E-state index is 12.6. The van der Waals surface area contributed by atoms with E-state index < -0.39 is 73.0 Å². The van der Waals surface area contributed by atoms with Crippen molar-refractivity contribution < 1.29 is 44.4 Å². The quantitative estimate of drug-likeness (QED) is 0.100. The molecular formula is C18H33N5O9. The van der Waals surface area contributed by atoms with Crippen molar-refractivity contribution >= 4 is 29.7 Å². The number of nitrogens with two attached hydrogens (primary N) is 2. The molecule has 0 spiro atoms. The van der Waals surface area contributed by atoms with Crippen molar-refractivity contribution in [2.45, 2.75) is 69.3 Å². The number of aliphatic hydroxyl groups is 2. The Hall–Kier alpha value is -2.81. The number of nitrogens with one attached hydrogen (secondary N) is 3. The van der Waals surface area contributed by atoms with Crippen LogP contribution in [-0.2, 0) is 24.0 Å². The van der Waals surface area contributed by atoms with E-state index in [2.05, 4.69) is 16.0 Å². The molecule has 0 aliphatic heterocycles. The van der Waals surface area contributed by atoms with E-state index in [1.807, 2.05) is 0 Å². The minimum absolute atomic E-state index is 0.0727. The van der Waals surface area contributed by atoms with Gasteiger partial charge < -0.3 is 47.8 Å². The predicted molar refractivity (Wildman–Crippen MR) is 110 cm³/mol. The first-order valence-corrected chi connectivity index (χ1v) is 10.0. The maximum Gasteiger partial charge on any atom is 0.326 e. The summed E-state index contributed by atoms with van der Waals surface area (Å²) in [5.74, 6) is -5.48. The fourth-order valence-electron chi connectivity index (χ4n) is 2.57. The van der Waals surface area contributed by atoms with Crippen LogP contribution in [0.2, 0.25) is 0 Å². The van der Waals surface area contributed by atoms with E-state index in [4.69, 9.17) is 21.7 Å². The molecule has 0 rings (SSSR count). The van der Waals surface area contributed by atoms with Crippen molar-refractivity contribution in [2.24, 2.45) is 11.5 Å². The lowest BCUT2D eigenvalue weighted by Gasteiger charge is -2.26. The summed E-state index contributed by atoms with van der Waals surface area (Å²) in [4.78, 5) is 59.4. The van der Waals surface area contributed by atoms with Crippen LogP contribution in [-0.4, -0.2) is 93.5 Å². The van der Waals surface area contributed by atoms with Gasteiger partial charge in [0.25, 0.3) is 0 Å². The molecule has 0 aromatic carbocycles. The zero-order chi connectivity index (χ0) is 24.8. The summed E-state index contributed by atoms with van der Waals surface area (Å²) < 4.78 is 0.